The van der Waals surface area contributed by atoms with Crippen LogP contribution in [0.5, 0.6) is 0 Å². The summed E-state index contributed by atoms with van der Waals surface area (Å²) in [6.07, 6.45) is 2.20. The van der Waals surface area contributed by atoms with Crippen LogP contribution in [0.3, 0.4) is 0 Å². The van der Waals surface area contributed by atoms with Gasteiger partial charge in [0.1, 0.15) is 0 Å². The first kappa shape index (κ1) is 18.2. The summed E-state index contributed by atoms with van der Waals surface area (Å²) >= 11 is 8.91. The maximum Gasteiger partial charge on any atom is 0.170 e. The zero-order chi connectivity index (χ0) is 17.8. The van der Waals surface area contributed by atoms with E-state index in [2.05, 4.69) is 75.6 Å². The number of hydrogen-bond donors (Lipinski definition) is 2. The number of aryl methyl sites for hydroxylation is 1. The zero-order valence-electron chi connectivity index (χ0n) is 14.7. The lowest BCUT2D eigenvalue weighted by molar-refractivity contribution is 0.641. The Bertz CT molecular complexity index is 762. The molecule has 1 aliphatic rings. The Morgan fingerprint density at radius 2 is 2.08 bits per heavy atom. The quantitative estimate of drug-likeness (QED) is 0.534. The van der Waals surface area contributed by atoms with Crippen LogP contribution in [0.15, 0.2) is 46.9 Å². The molecular weight excluding hydrogens is 394 g/mol. The van der Waals surface area contributed by atoms with Gasteiger partial charge in [-0.05, 0) is 74.3 Å². The molecule has 3 nitrogen and oxygen atoms in total. The maximum absolute atomic E-state index is 5.40. The van der Waals surface area contributed by atoms with Crippen LogP contribution in [-0.4, -0.2) is 24.2 Å². The van der Waals surface area contributed by atoms with E-state index in [0.717, 1.165) is 36.1 Å². The van der Waals surface area contributed by atoms with Crippen LogP contribution in [0.2, 0.25) is 0 Å². The molecule has 0 radical (unpaired) electrons. The monoisotopic (exact) mass is 417 g/mol. The highest BCUT2D eigenvalue weighted by Gasteiger charge is 2.24. The highest BCUT2D eigenvalue weighted by molar-refractivity contribution is 9.10. The second-order valence-corrected chi connectivity index (χ2v) is 7.84. The smallest absolute Gasteiger partial charge is 0.170 e. The summed E-state index contributed by atoms with van der Waals surface area (Å²) in [5, 5.41) is 7.24. The van der Waals surface area contributed by atoms with Gasteiger partial charge >= 0.3 is 0 Å². The standard InChI is InChI=1S/C20H24BrN3S/c1-14-12-17(8-9-18(14)21)23-20(25)22-10-5-11-24-15(2)13-16-6-3-4-7-19(16)24/h3-4,6-9,12,15H,5,10-11,13H2,1-2H3,(H2,22,23,25)/t15-/m1/s1. The van der Waals surface area contributed by atoms with Crippen molar-refractivity contribution in [3.8, 4) is 0 Å². The van der Waals surface area contributed by atoms with Gasteiger partial charge in [-0.15, -0.1) is 0 Å². The van der Waals surface area contributed by atoms with Crippen molar-refractivity contribution >= 4 is 44.6 Å². The minimum absolute atomic E-state index is 0.577. The van der Waals surface area contributed by atoms with Crippen LogP contribution in [-0.2, 0) is 6.42 Å². The summed E-state index contributed by atoms with van der Waals surface area (Å²) in [6, 6.07) is 15.4. The lowest BCUT2D eigenvalue weighted by Gasteiger charge is -2.25. The van der Waals surface area contributed by atoms with Gasteiger partial charge in [-0.3, -0.25) is 0 Å². The van der Waals surface area contributed by atoms with Crippen LogP contribution in [0, 0.1) is 6.92 Å². The Balaban J connectivity index is 1.44. The van der Waals surface area contributed by atoms with Crippen molar-refractivity contribution in [3.05, 3.63) is 58.1 Å². The molecule has 132 valence electrons. The first-order valence-electron chi connectivity index (χ1n) is 8.70. The molecule has 1 heterocycles. The molecule has 2 N–H and O–H groups in total. The van der Waals surface area contributed by atoms with Crippen molar-refractivity contribution in [2.24, 2.45) is 0 Å². The SMILES string of the molecule is Cc1cc(NC(=S)NCCCN2c3ccccc3C[C@H]2C)ccc1Br. The van der Waals surface area contributed by atoms with Crippen molar-refractivity contribution in [2.45, 2.75) is 32.7 Å². The average molecular weight is 418 g/mol. The normalized spacial score (nSPS) is 15.8. The molecule has 2 aromatic carbocycles. The Morgan fingerprint density at radius 1 is 1.28 bits per heavy atom. The second kappa shape index (κ2) is 8.19. The number of fused-ring (bicyclic) bond motifs is 1. The molecule has 25 heavy (non-hydrogen) atoms. The van der Waals surface area contributed by atoms with Gasteiger partial charge in [-0.1, -0.05) is 34.1 Å². The Hall–Kier alpha value is -1.59. The number of halogens is 1. The molecule has 0 aromatic heterocycles. The van der Waals surface area contributed by atoms with Crippen LogP contribution >= 0.6 is 28.1 Å². The second-order valence-electron chi connectivity index (χ2n) is 6.57. The van der Waals surface area contributed by atoms with Crippen molar-refractivity contribution in [1.82, 2.24) is 5.32 Å². The van der Waals surface area contributed by atoms with Gasteiger partial charge in [0, 0.05) is 35.0 Å². The third-order valence-electron chi connectivity index (χ3n) is 4.63. The van der Waals surface area contributed by atoms with Crippen LogP contribution in [0.4, 0.5) is 11.4 Å². The van der Waals surface area contributed by atoms with E-state index in [1.807, 2.05) is 12.1 Å². The topological polar surface area (TPSA) is 27.3 Å². The number of para-hydroxylation sites is 1. The summed E-state index contributed by atoms with van der Waals surface area (Å²) in [7, 11) is 0. The van der Waals surface area contributed by atoms with E-state index >= 15 is 0 Å². The van der Waals surface area contributed by atoms with Crippen LogP contribution in [0.25, 0.3) is 0 Å². The Labute approximate surface area is 163 Å². The fraction of sp³-hybridized carbons (Fsp3) is 0.350. The molecule has 2 aromatic rings. The largest absolute Gasteiger partial charge is 0.368 e. The van der Waals surface area contributed by atoms with Gasteiger partial charge in [0.25, 0.3) is 0 Å². The predicted molar refractivity (Wildman–Crippen MR) is 115 cm³/mol. The molecule has 0 saturated heterocycles. The van der Waals surface area contributed by atoms with Crippen LogP contribution < -0.4 is 15.5 Å². The van der Waals surface area contributed by atoms with Gasteiger partial charge in [0.2, 0.25) is 0 Å². The third kappa shape index (κ3) is 4.53. The number of nitrogens with one attached hydrogen (secondary N) is 2. The number of benzene rings is 2. The summed E-state index contributed by atoms with van der Waals surface area (Å²) < 4.78 is 1.11. The Morgan fingerprint density at radius 3 is 2.88 bits per heavy atom. The molecule has 0 spiro atoms. The number of nitrogens with zero attached hydrogens (tertiary/aromatic N) is 1. The van der Waals surface area contributed by atoms with E-state index < -0.39 is 0 Å². The molecular formula is C20H24BrN3S. The lowest BCUT2D eigenvalue weighted by Crippen LogP contribution is -2.34. The van der Waals surface area contributed by atoms with E-state index in [1.54, 1.807) is 0 Å². The van der Waals surface area contributed by atoms with Gasteiger partial charge in [-0.25, -0.2) is 0 Å². The molecule has 0 amide bonds. The molecule has 0 aliphatic carbocycles. The zero-order valence-corrected chi connectivity index (χ0v) is 17.1. The van der Waals surface area contributed by atoms with Gasteiger partial charge < -0.3 is 15.5 Å². The van der Waals surface area contributed by atoms with Crippen LogP contribution in [0.1, 0.15) is 24.5 Å². The first-order valence-corrected chi connectivity index (χ1v) is 9.90. The minimum atomic E-state index is 0.577. The fourth-order valence-electron chi connectivity index (χ4n) is 3.32. The van der Waals surface area contributed by atoms with Crippen molar-refractivity contribution < 1.29 is 0 Å². The highest BCUT2D eigenvalue weighted by atomic mass is 79.9. The van der Waals surface area contributed by atoms with Gasteiger partial charge in [0.15, 0.2) is 5.11 Å². The summed E-state index contributed by atoms with van der Waals surface area (Å²) in [6.45, 7) is 6.29. The van der Waals surface area contributed by atoms with E-state index in [9.17, 15) is 0 Å². The molecule has 1 atom stereocenters. The Kier molecular flexibility index (Phi) is 5.97. The van der Waals surface area contributed by atoms with Gasteiger partial charge in [0.05, 0.1) is 0 Å². The maximum atomic E-state index is 5.40. The van der Waals surface area contributed by atoms with Crippen molar-refractivity contribution in [1.29, 1.82) is 0 Å². The van der Waals surface area contributed by atoms with E-state index in [4.69, 9.17) is 12.2 Å². The minimum Gasteiger partial charge on any atom is -0.368 e. The fourth-order valence-corrected chi connectivity index (χ4v) is 3.79. The number of thiocarbonyl (C=S) groups is 1. The predicted octanol–water partition coefficient (Wildman–Crippen LogP) is 4.89. The average Bonchev–Trinajstić information content (AvgIpc) is 2.90. The molecule has 0 bridgehead atoms. The van der Waals surface area contributed by atoms with E-state index in [1.165, 1.54) is 16.8 Å². The molecule has 0 saturated carbocycles. The lowest BCUT2D eigenvalue weighted by atomic mass is 10.1. The molecule has 3 rings (SSSR count). The molecule has 1 aliphatic heterocycles. The molecule has 0 unspecified atom stereocenters. The third-order valence-corrected chi connectivity index (χ3v) is 5.76. The van der Waals surface area contributed by atoms with Crippen molar-refractivity contribution in [3.63, 3.8) is 0 Å². The van der Waals surface area contributed by atoms with Gasteiger partial charge in [-0.2, -0.15) is 0 Å². The van der Waals surface area contributed by atoms with E-state index in [-0.39, 0.29) is 0 Å². The number of anilines is 2. The summed E-state index contributed by atoms with van der Waals surface area (Å²) in [4.78, 5) is 2.51. The highest BCUT2D eigenvalue weighted by Crippen LogP contribution is 2.31. The number of hydrogen-bond acceptors (Lipinski definition) is 2. The summed E-state index contributed by atoms with van der Waals surface area (Å²) in [5.74, 6) is 0. The molecule has 0 fully saturated rings. The molecule has 5 heteroatoms. The van der Waals surface area contributed by atoms with Crippen molar-refractivity contribution in [2.75, 3.05) is 23.3 Å². The van der Waals surface area contributed by atoms with E-state index in [0.29, 0.717) is 11.2 Å². The first-order chi connectivity index (χ1) is 12.0. The number of rotatable bonds is 5. The summed E-state index contributed by atoms with van der Waals surface area (Å²) in [5.41, 5.74) is 5.06.